The lowest BCUT2D eigenvalue weighted by Crippen LogP contribution is -2.60. The summed E-state index contributed by atoms with van der Waals surface area (Å²) in [7, 11) is 0. The van der Waals surface area contributed by atoms with Gasteiger partial charge in [-0.3, -0.25) is 0 Å². The lowest BCUT2D eigenvalue weighted by molar-refractivity contribution is -0.0894. The molecule has 3 aliphatic rings. The Kier molecular flexibility index (Phi) is 8.89. The normalized spacial score (nSPS) is 24.1. The van der Waals surface area contributed by atoms with Crippen LogP contribution >= 0.6 is 0 Å². The van der Waals surface area contributed by atoms with Gasteiger partial charge in [-0.2, -0.15) is 0 Å². The molecule has 1 N–H and O–H groups in total. The fourth-order valence-corrected chi connectivity index (χ4v) is 7.32. The summed E-state index contributed by atoms with van der Waals surface area (Å²) in [6, 6.07) is 17.1. The van der Waals surface area contributed by atoms with Crippen LogP contribution in [0, 0.1) is 0 Å². The van der Waals surface area contributed by atoms with Gasteiger partial charge in [0.1, 0.15) is 6.61 Å². The van der Waals surface area contributed by atoms with Crippen molar-refractivity contribution in [2.24, 2.45) is 0 Å². The number of allylic oxidation sites excluding steroid dienone is 1. The Hall–Kier alpha value is -2.59. The molecule has 2 aromatic rings. The number of unbranched alkanes of at least 4 members (excludes halogenated alkanes) is 7. The van der Waals surface area contributed by atoms with Crippen molar-refractivity contribution in [2.45, 2.75) is 113 Å². The zero-order valence-electron chi connectivity index (χ0n) is 23.0. The number of rotatable bonds is 12. The van der Waals surface area contributed by atoms with Gasteiger partial charge in [-0.1, -0.05) is 93.1 Å². The highest BCUT2D eigenvalue weighted by Crippen LogP contribution is 2.45. The predicted octanol–water partition coefficient (Wildman–Crippen LogP) is 8.38. The van der Waals surface area contributed by atoms with E-state index in [1.165, 1.54) is 60.8 Å². The Morgan fingerprint density at radius 2 is 1.45 bits per heavy atom. The molecule has 2 bridgehead atoms. The van der Waals surface area contributed by atoms with Gasteiger partial charge in [0.05, 0.1) is 5.60 Å². The van der Waals surface area contributed by atoms with Crippen LogP contribution in [0.3, 0.4) is 0 Å². The maximum Gasteiger partial charge on any atom is 0.410 e. The highest BCUT2D eigenvalue weighted by molar-refractivity contribution is 5.79. The summed E-state index contributed by atoms with van der Waals surface area (Å²) < 4.78 is 6.04. The van der Waals surface area contributed by atoms with E-state index < -0.39 is 5.60 Å². The number of amides is 1. The number of piperidine rings is 2. The van der Waals surface area contributed by atoms with Crippen LogP contribution in [0.5, 0.6) is 0 Å². The topological polar surface area (TPSA) is 49.8 Å². The number of carbonyl (C=O) groups is 1. The van der Waals surface area contributed by atoms with E-state index in [1.54, 1.807) is 0 Å². The molecule has 2 fully saturated rings. The van der Waals surface area contributed by atoms with E-state index in [4.69, 9.17) is 4.74 Å². The minimum absolute atomic E-state index is 0.0786. The fraction of sp³-hybridized carbons (Fsp3) is 0.559. The van der Waals surface area contributed by atoms with Crippen molar-refractivity contribution in [3.8, 4) is 11.1 Å². The molecule has 1 amide bonds. The number of benzene rings is 2. The third-order valence-corrected chi connectivity index (χ3v) is 9.19. The van der Waals surface area contributed by atoms with Gasteiger partial charge in [-0.25, -0.2) is 4.79 Å². The van der Waals surface area contributed by atoms with Crippen molar-refractivity contribution in [3.05, 3.63) is 72.3 Å². The van der Waals surface area contributed by atoms with Crippen LogP contribution < -0.4 is 0 Å². The van der Waals surface area contributed by atoms with Gasteiger partial charge in [-0.15, -0.1) is 6.58 Å². The molecule has 4 heteroatoms. The van der Waals surface area contributed by atoms with E-state index in [9.17, 15) is 9.90 Å². The van der Waals surface area contributed by atoms with Crippen LogP contribution in [0.2, 0.25) is 0 Å². The van der Waals surface area contributed by atoms with E-state index in [-0.39, 0.29) is 24.1 Å². The number of hydrogen-bond acceptors (Lipinski definition) is 3. The third-order valence-electron chi connectivity index (χ3n) is 9.19. The molecule has 2 aliphatic heterocycles. The van der Waals surface area contributed by atoms with E-state index in [1.807, 2.05) is 11.0 Å². The summed E-state index contributed by atoms with van der Waals surface area (Å²) in [5.41, 5.74) is 4.34. The largest absolute Gasteiger partial charge is 0.448 e. The van der Waals surface area contributed by atoms with Crippen LogP contribution in [-0.4, -0.2) is 40.4 Å². The summed E-state index contributed by atoms with van der Waals surface area (Å²) in [5.74, 6) is 0.0786. The fourth-order valence-electron chi connectivity index (χ4n) is 7.32. The second kappa shape index (κ2) is 12.5. The molecule has 0 spiro atoms. The lowest BCUT2D eigenvalue weighted by Gasteiger charge is -2.51. The molecule has 0 saturated carbocycles. The molecular weight excluding hydrogens is 470 g/mol. The molecule has 4 nitrogen and oxygen atoms in total. The molecule has 38 heavy (non-hydrogen) atoms. The minimum Gasteiger partial charge on any atom is -0.448 e. The second-order valence-corrected chi connectivity index (χ2v) is 11.9. The third kappa shape index (κ3) is 6.01. The molecule has 0 aromatic heterocycles. The number of ether oxygens (including phenoxy) is 1. The highest BCUT2D eigenvalue weighted by Gasteiger charge is 2.47. The molecule has 2 unspecified atom stereocenters. The van der Waals surface area contributed by atoms with Crippen molar-refractivity contribution in [3.63, 3.8) is 0 Å². The van der Waals surface area contributed by atoms with Gasteiger partial charge in [0.15, 0.2) is 0 Å². The maximum atomic E-state index is 13.4. The Balaban J connectivity index is 1.12. The van der Waals surface area contributed by atoms with Crippen molar-refractivity contribution in [1.29, 1.82) is 0 Å². The molecule has 1 aliphatic carbocycles. The minimum atomic E-state index is -0.639. The first kappa shape index (κ1) is 27.0. The Labute approximate surface area is 229 Å². The standard InChI is InChI=1S/C34H45NO3/c1-2-3-4-5-6-7-8-9-14-22-34(37)23-26-16-15-17-27(24-34)35(26)33(36)38-25-32-30-20-12-10-18-28(30)29-19-11-13-21-31(29)32/h2,10-13,18-21,26-27,32,37H,1,3-9,14-17,22-25H2. The molecular formula is C34H45NO3. The van der Waals surface area contributed by atoms with Crippen molar-refractivity contribution >= 4 is 6.09 Å². The number of nitrogens with zero attached hydrogens (tertiary/aromatic N) is 1. The van der Waals surface area contributed by atoms with Gasteiger partial charge in [0.2, 0.25) is 0 Å². The van der Waals surface area contributed by atoms with Crippen LogP contribution in [0.1, 0.15) is 107 Å². The zero-order valence-corrected chi connectivity index (χ0v) is 23.0. The Morgan fingerprint density at radius 3 is 2.05 bits per heavy atom. The number of carbonyl (C=O) groups excluding carboxylic acids is 1. The van der Waals surface area contributed by atoms with E-state index >= 15 is 0 Å². The number of fused-ring (bicyclic) bond motifs is 5. The van der Waals surface area contributed by atoms with Crippen LogP contribution in [0.15, 0.2) is 61.2 Å². The lowest BCUT2D eigenvalue weighted by atomic mass is 9.73. The maximum absolute atomic E-state index is 13.4. The molecule has 2 aromatic carbocycles. The first-order valence-electron chi connectivity index (χ1n) is 15.1. The Bertz CT molecular complexity index is 1040. The average molecular weight is 516 g/mol. The van der Waals surface area contributed by atoms with Crippen LogP contribution in [0.25, 0.3) is 11.1 Å². The zero-order chi connectivity index (χ0) is 26.4. The quantitative estimate of drug-likeness (QED) is 0.228. The van der Waals surface area contributed by atoms with E-state index in [0.717, 1.165) is 38.5 Å². The van der Waals surface area contributed by atoms with Gasteiger partial charge in [0.25, 0.3) is 0 Å². The highest BCUT2D eigenvalue weighted by atomic mass is 16.6. The predicted molar refractivity (Wildman–Crippen MR) is 154 cm³/mol. The smallest absolute Gasteiger partial charge is 0.410 e. The molecule has 2 heterocycles. The van der Waals surface area contributed by atoms with E-state index in [2.05, 4.69) is 55.1 Å². The summed E-state index contributed by atoms with van der Waals surface area (Å²) in [6.07, 6.45) is 16.9. The molecule has 2 saturated heterocycles. The number of aliphatic hydroxyl groups is 1. The summed E-state index contributed by atoms with van der Waals surface area (Å²) in [6.45, 7) is 4.15. The molecule has 5 rings (SSSR count). The summed E-state index contributed by atoms with van der Waals surface area (Å²) in [4.78, 5) is 15.4. The average Bonchev–Trinajstić information content (AvgIpc) is 3.24. The van der Waals surface area contributed by atoms with Crippen molar-refractivity contribution < 1.29 is 14.6 Å². The van der Waals surface area contributed by atoms with Gasteiger partial charge < -0.3 is 14.7 Å². The molecule has 2 atom stereocenters. The molecule has 0 radical (unpaired) electrons. The molecule has 204 valence electrons. The summed E-state index contributed by atoms with van der Waals surface area (Å²) >= 11 is 0. The SMILES string of the molecule is C=CCCCCCCCCCC1(O)CC2CCCC(C1)N2C(=O)OCC1c2ccccc2-c2ccccc21. The monoisotopic (exact) mass is 515 g/mol. The number of hydrogen-bond donors (Lipinski definition) is 1. The van der Waals surface area contributed by atoms with E-state index in [0.29, 0.717) is 19.4 Å². The van der Waals surface area contributed by atoms with Gasteiger partial charge in [-0.05, 0) is 73.6 Å². The first-order chi connectivity index (χ1) is 18.6. The van der Waals surface area contributed by atoms with Gasteiger partial charge in [0, 0.05) is 18.0 Å². The van der Waals surface area contributed by atoms with Crippen molar-refractivity contribution in [2.75, 3.05) is 6.61 Å². The van der Waals surface area contributed by atoms with Gasteiger partial charge >= 0.3 is 6.09 Å². The van der Waals surface area contributed by atoms with Crippen LogP contribution in [-0.2, 0) is 4.74 Å². The van der Waals surface area contributed by atoms with Crippen molar-refractivity contribution in [1.82, 2.24) is 4.90 Å². The Morgan fingerprint density at radius 1 is 0.895 bits per heavy atom. The summed E-state index contributed by atoms with van der Waals surface area (Å²) in [5, 5.41) is 11.5. The second-order valence-electron chi connectivity index (χ2n) is 11.9. The van der Waals surface area contributed by atoms with Crippen LogP contribution in [0.4, 0.5) is 4.79 Å². The first-order valence-corrected chi connectivity index (χ1v) is 15.1.